The maximum atomic E-state index is 2.53. The molecule has 2 aromatic rings. The summed E-state index contributed by atoms with van der Waals surface area (Å²) in [5, 5.41) is 2.85. The maximum Gasteiger partial charge on any atom is -0.00381 e. The first-order valence-electron chi connectivity index (χ1n) is 7.95. The molecule has 0 fully saturated rings. The molecule has 0 unspecified atom stereocenters. The summed E-state index contributed by atoms with van der Waals surface area (Å²) in [5.74, 6) is 0.845. The molecule has 0 N–H and O–H groups in total. The first-order chi connectivity index (χ1) is 9.74. The van der Waals surface area contributed by atoms with Crippen molar-refractivity contribution in [3.63, 3.8) is 0 Å². The van der Waals surface area contributed by atoms with Crippen molar-refractivity contribution in [2.45, 2.75) is 39.5 Å². The SMILES string of the molecule is CC[C@H]1CC=C2c3ccc4ccccc4c3CC[C@@]21C. The molecular formula is C20H22. The van der Waals surface area contributed by atoms with Crippen molar-refractivity contribution in [1.29, 1.82) is 0 Å². The van der Waals surface area contributed by atoms with Crippen molar-refractivity contribution in [2.75, 3.05) is 0 Å². The predicted octanol–water partition coefficient (Wildman–Crippen LogP) is 5.61. The highest BCUT2D eigenvalue weighted by molar-refractivity contribution is 5.92. The number of aryl methyl sites for hydroxylation is 1. The van der Waals surface area contributed by atoms with Crippen LogP contribution in [0.3, 0.4) is 0 Å². The van der Waals surface area contributed by atoms with E-state index in [1.54, 1.807) is 11.1 Å². The van der Waals surface area contributed by atoms with E-state index < -0.39 is 0 Å². The zero-order valence-corrected chi connectivity index (χ0v) is 12.4. The van der Waals surface area contributed by atoms with Crippen LogP contribution in [-0.2, 0) is 6.42 Å². The molecule has 0 radical (unpaired) electrons. The Hall–Kier alpha value is -1.56. The Kier molecular flexibility index (Phi) is 2.57. The largest absolute Gasteiger partial charge is 0.0798 e. The second-order valence-electron chi connectivity index (χ2n) is 6.69. The molecule has 0 spiro atoms. The molecule has 0 saturated carbocycles. The fourth-order valence-electron chi connectivity index (χ4n) is 4.59. The lowest BCUT2D eigenvalue weighted by Gasteiger charge is -2.39. The van der Waals surface area contributed by atoms with E-state index in [4.69, 9.17) is 0 Å². The summed E-state index contributed by atoms with van der Waals surface area (Å²) in [6.07, 6.45) is 7.66. The van der Waals surface area contributed by atoms with Crippen LogP contribution < -0.4 is 0 Å². The molecule has 4 rings (SSSR count). The van der Waals surface area contributed by atoms with E-state index in [1.165, 1.54) is 42.0 Å². The van der Waals surface area contributed by atoms with Crippen LogP contribution in [0.4, 0.5) is 0 Å². The van der Waals surface area contributed by atoms with E-state index >= 15 is 0 Å². The Balaban J connectivity index is 1.93. The molecular weight excluding hydrogens is 240 g/mol. The fourth-order valence-corrected chi connectivity index (χ4v) is 4.59. The molecule has 20 heavy (non-hydrogen) atoms. The van der Waals surface area contributed by atoms with E-state index in [2.05, 4.69) is 56.3 Å². The standard InChI is InChI=1S/C20H22/c1-3-15-9-11-19-18-10-8-14-6-4-5-7-16(14)17(18)12-13-20(15,19)2/h4-8,10-11,15H,3,9,12-13H2,1-2H3/t15-,20+/m0/s1. The van der Waals surface area contributed by atoms with E-state index in [0.717, 1.165) is 5.92 Å². The van der Waals surface area contributed by atoms with Crippen molar-refractivity contribution in [2.24, 2.45) is 11.3 Å². The summed E-state index contributed by atoms with van der Waals surface area (Å²) in [6.45, 7) is 4.85. The Morgan fingerprint density at radius 1 is 1.15 bits per heavy atom. The van der Waals surface area contributed by atoms with Gasteiger partial charge in [-0.25, -0.2) is 0 Å². The summed E-state index contributed by atoms with van der Waals surface area (Å²) in [4.78, 5) is 0. The van der Waals surface area contributed by atoms with Gasteiger partial charge in [-0.05, 0) is 58.1 Å². The van der Waals surface area contributed by atoms with Gasteiger partial charge >= 0.3 is 0 Å². The third-order valence-corrected chi connectivity index (χ3v) is 5.84. The van der Waals surface area contributed by atoms with Gasteiger partial charge in [-0.1, -0.05) is 62.7 Å². The highest BCUT2D eigenvalue weighted by Crippen LogP contribution is 2.56. The van der Waals surface area contributed by atoms with Crippen LogP contribution in [0.2, 0.25) is 0 Å². The maximum absolute atomic E-state index is 2.53. The molecule has 0 amide bonds. The minimum atomic E-state index is 0.421. The first kappa shape index (κ1) is 12.2. The molecule has 2 aromatic carbocycles. The lowest BCUT2D eigenvalue weighted by Crippen LogP contribution is -2.28. The topological polar surface area (TPSA) is 0 Å². The lowest BCUT2D eigenvalue weighted by atomic mass is 9.64. The van der Waals surface area contributed by atoms with Crippen molar-refractivity contribution in [1.82, 2.24) is 0 Å². The van der Waals surface area contributed by atoms with Crippen LogP contribution in [-0.4, -0.2) is 0 Å². The Morgan fingerprint density at radius 3 is 2.85 bits per heavy atom. The molecule has 2 atom stereocenters. The molecule has 2 aliphatic carbocycles. The Labute approximate surface area is 121 Å². The smallest absolute Gasteiger partial charge is 0.00381 e. The predicted molar refractivity (Wildman–Crippen MR) is 86.8 cm³/mol. The normalized spacial score (nSPS) is 28.1. The summed E-state index contributed by atoms with van der Waals surface area (Å²) in [5.41, 5.74) is 5.18. The Morgan fingerprint density at radius 2 is 2.00 bits per heavy atom. The second kappa shape index (κ2) is 4.22. The minimum Gasteiger partial charge on any atom is -0.0798 e. The van der Waals surface area contributed by atoms with E-state index in [9.17, 15) is 0 Å². The Bertz CT molecular complexity index is 707. The van der Waals surface area contributed by atoms with E-state index in [1.807, 2.05) is 0 Å². The third kappa shape index (κ3) is 1.48. The van der Waals surface area contributed by atoms with Gasteiger partial charge in [0, 0.05) is 0 Å². The van der Waals surface area contributed by atoms with Crippen molar-refractivity contribution < 1.29 is 0 Å². The number of hydrogen-bond donors (Lipinski definition) is 0. The summed E-state index contributed by atoms with van der Waals surface area (Å²) < 4.78 is 0. The van der Waals surface area contributed by atoms with Gasteiger partial charge in [-0.3, -0.25) is 0 Å². The number of rotatable bonds is 1. The average molecular weight is 262 g/mol. The van der Waals surface area contributed by atoms with Crippen LogP contribution in [0.5, 0.6) is 0 Å². The van der Waals surface area contributed by atoms with Gasteiger partial charge in [0.05, 0.1) is 0 Å². The number of fused-ring (bicyclic) bond motifs is 5. The van der Waals surface area contributed by atoms with Gasteiger partial charge in [0.15, 0.2) is 0 Å². The van der Waals surface area contributed by atoms with E-state index in [0.29, 0.717) is 5.41 Å². The molecule has 0 heterocycles. The molecule has 0 aliphatic heterocycles. The average Bonchev–Trinajstić information content (AvgIpc) is 2.83. The third-order valence-electron chi connectivity index (χ3n) is 5.84. The van der Waals surface area contributed by atoms with E-state index in [-0.39, 0.29) is 0 Å². The van der Waals surface area contributed by atoms with Gasteiger partial charge in [0.1, 0.15) is 0 Å². The highest BCUT2D eigenvalue weighted by Gasteiger charge is 2.43. The molecule has 102 valence electrons. The summed E-state index contributed by atoms with van der Waals surface area (Å²) >= 11 is 0. The van der Waals surface area contributed by atoms with Crippen LogP contribution in [0, 0.1) is 11.3 Å². The van der Waals surface area contributed by atoms with Crippen LogP contribution >= 0.6 is 0 Å². The fraction of sp³-hybridized carbons (Fsp3) is 0.400. The van der Waals surface area contributed by atoms with Crippen molar-refractivity contribution in [3.8, 4) is 0 Å². The van der Waals surface area contributed by atoms with Crippen molar-refractivity contribution >= 4 is 16.3 Å². The molecule has 0 heteroatoms. The molecule has 0 bridgehead atoms. The van der Waals surface area contributed by atoms with Gasteiger partial charge in [0.25, 0.3) is 0 Å². The zero-order valence-electron chi connectivity index (χ0n) is 12.4. The highest BCUT2D eigenvalue weighted by atomic mass is 14.5. The van der Waals surface area contributed by atoms with Crippen molar-refractivity contribution in [3.05, 3.63) is 53.6 Å². The van der Waals surface area contributed by atoms with Gasteiger partial charge in [0.2, 0.25) is 0 Å². The molecule has 0 nitrogen and oxygen atoms in total. The second-order valence-corrected chi connectivity index (χ2v) is 6.69. The van der Waals surface area contributed by atoms with Crippen LogP contribution in [0.1, 0.15) is 44.2 Å². The summed E-state index contributed by atoms with van der Waals surface area (Å²) in [6, 6.07) is 13.5. The monoisotopic (exact) mass is 262 g/mol. The summed E-state index contributed by atoms with van der Waals surface area (Å²) in [7, 11) is 0. The molecule has 0 aromatic heterocycles. The van der Waals surface area contributed by atoms with Gasteiger partial charge in [-0.15, -0.1) is 0 Å². The molecule has 0 saturated heterocycles. The van der Waals surface area contributed by atoms with Gasteiger partial charge < -0.3 is 0 Å². The number of hydrogen-bond acceptors (Lipinski definition) is 0. The minimum absolute atomic E-state index is 0.421. The quantitative estimate of drug-likeness (QED) is 0.627. The lowest BCUT2D eigenvalue weighted by molar-refractivity contribution is 0.257. The first-order valence-corrected chi connectivity index (χ1v) is 7.95. The number of benzene rings is 2. The van der Waals surface area contributed by atoms with Crippen LogP contribution in [0.25, 0.3) is 16.3 Å². The zero-order chi connectivity index (χ0) is 13.7. The van der Waals surface area contributed by atoms with Gasteiger partial charge in [-0.2, -0.15) is 0 Å². The molecule has 2 aliphatic rings. The van der Waals surface area contributed by atoms with Crippen LogP contribution in [0.15, 0.2) is 42.5 Å². The number of allylic oxidation sites excluding steroid dienone is 2.